The van der Waals surface area contributed by atoms with Crippen LogP contribution >= 0.6 is 0 Å². The third-order valence-electron chi connectivity index (χ3n) is 9.03. The number of esters is 1. The summed E-state index contributed by atoms with van der Waals surface area (Å²) < 4.78 is 16.3. The van der Waals surface area contributed by atoms with Gasteiger partial charge in [-0.25, -0.2) is 0 Å². The van der Waals surface area contributed by atoms with E-state index in [9.17, 15) is 19.2 Å². The van der Waals surface area contributed by atoms with Crippen LogP contribution in [-0.2, 0) is 30.5 Å². The van der Waals surface area contributed by atoms with E-state index in [1.54, 1.807) is 9.80 Å². The molecule has 10 nitrogen and oxygen atoms in total. The smallest absolute Gasteiger partial charge is 0.317 e. The van der Waals surface area contributed by atoms with E-state index in [-0.39, 0.29) is 55.8 Å². The Bertz CT molecular complexity index is 1230. The van der Waals surface area contributed by atoms with Gasteiger partial charge in [-0.15, -0.1) is 0 Å². The first-order chi connectivity index (χ1) is 19.4. The van der Waals surface area contributed by atoms with E-state index in [0.717, 1.165) is 37.7 Å². The number of likely N-dealkylation sites (tertiary alicyclic amines) is 1. The van der Waals surface area contributed by atoms with Gasteiger partial charge < -0.3 is 28.9 Å². The quantitative estimate of drug-likeness (QED) is 0.501. The first-order valence-electron chi connectivity index (χ1n) is 14.4. The van der Waals surface area contributed by atoms with E-state index < -0.39 is 11.3 Å². The first-order valence-corrected chi connectivity index (χ1v) is 14.4. The number of amides is 3. The fourth-order valence-electron chi connectivity index (χ4n) is 6.69. The Morgan fingerprint density at radius 1 is 1.02 bits per heavy atom. The van der Waals surface area contributed by atoms with E-state index >= 15 is 0 Å². The molecule has 3 aliphatic heterocycles. The van der Waals surface area contributed by atoms with Crippen LogP contribution in [0.5, 0.6) is 11.5 Å². The van der Waals surface area contributed by atoms with Crippen LogP contribution in [0.1, 0.15) is 56.9 Å². The van der Waals surface area contributed by atoms with E-state index in [2.05, 4.69) is 0 Å². The average molecular weight is 552 g/mol. The van der Waals surface area contributed by atoms with Gasteiger partial charge in [0.25, 0.3) is 0 Å². The molecule has 6 rings (SSSR count). The van der Waals surface area contributed by atoms with E-state index in [1.165, 1.54) is 7.11 Å². The summed E-state index contributed by atoms with van der Waals surface area (Å²) in [5.41, 5.74) is 0.566. The van der Waals surface area contributed by atoms with Gasteiger partial charge in [0.1, 0.15) is 5.41 Å². The molecule has 0 N–H and O–H groups in total. The van der Waals surface area contributed by atoms with Crippen LogP contribution in [0.2, 0.25) is 0 Å². The lowest BCUT2D eigenvalue weighted by atomic mass is 9.69. The number of carbonyl (C=O) groups is 4. The SMILES string of the molecule is COC(=O)[C@]12CCCCC=C1N(Cc1ccc3c(c1)OCO3)C(=O)[C@H](CC(=O)N1CCN(C(=O)C3CC3)CC1)C2. The molecule has 40 heavy (non-hydrogen) atoms. The topological polar surface area (TPSA) is 106 Å². The predicted octanol–water partition coefficient (Wildman–Crippen LogP) is 2.85. The van der Waals surface area contributed by atoms with Crippen molar-refractivity contribution in [3.8, 4) is 11.5 Å². The molecule has 1 aromatic rings. The minimum atomic E-state index is -0.976. The van der Waals surface area contributed by atoms with Crippen molar-refractivity contribution in [2.75, 3.05) is 40.1 Å². The van der Waals surface area contributed by atoms with Gasteiger partial charge >= 0.3 is 5.97 Å². The monoisotopic (exact) mass is 551 g/mol. The van der Waals surface area contributed by atoms with Crippen molar-refractivity contribution in [3.05, 3.63) is 35.5 Å². The Kier molecular flexibility index (Phi) is 7.18. The van der Waals surface area contributed by atoms with Crippen molar-refractivity contribution in [1.82, 2.24) is 14.7 Å². The number of fused-ring (bicyclic) bond motifs is 2. The molecule has 1 saturated carbocycles. The molecule has 10 heteroatoms. The van der Waals surface area contributed by atoms with Crippen LogP contribution in [0.4, 0.5) is 0 Å². The second-order valence-corrected chi connectivity index (χ2v) is 11.6. The number of rotatable bonds is 6. The Labute approximate surface area is 234 Å². The maximum atomic E-state index is 14.1. The number of benzene rings is 1. The van der Waals surface area contributed by atoms with Crippen LogP contribution in [0, 0.1) is 17.3 Å². The van der Waals surface area contributed by atoms with E-state index in [4.69, 9.17) is 14.2 Å². The Morgan fingerprint density at radius 3 is 2.52 bits per heavy atom. The highest BCUT2D eigenvalue weighted by Crippen LogP contribution is 2.50. The number of piperidine rings is 1. The summed E-state index contributed by atoms with van der Waals surface area (Å²) >= 11 is 0. The number of nitrogens with zero attached hydrogens (tertiary/aromatic N) is 3. The van der Waals surface area contributed by atoms with Gasteiger partial charge in [-0.1, -0.05) is 18.6 Å². The molecule has 3 amide bonds. The highest BCUT2D eigenvalue weighted by atomic mass is 16.7. The number of hydrogen-bond donors (Lipinski definition) is 0. The van der Waals surface area contributed by atoms with Crippen molar-refractivity contribution in [2.45, 2.75) is 57.9 Å². The zero-order chi connectivity index (χ0) is 27.9. The number of allylic oxidation sites excluding steroid dienone is 1. The summed E-state index contributed by atoms with van der Waals surface area (Å²) in [6.45, 7) is 2.39. The minimum absolute atomic E-state index is 0.0269. The van der Waals surface area contributed by atoms with Gasteiger partial charge in [-0.3, -0.25) is 19.2 Å². The summed E-state index contributed by atoms with van der Waals surface area (Å²) in [5.74, 6) is 0.379. The number of methoxy groups -OCH3 is 1. The zero-order valence-corrected chi connectivity index (χ0v) is 23.1. The molecule has 2 aliphatic carbocycles. The van der Waals surface area contributed by atoms with Crippen molar-refractivity contribution in [2.24, 2.45) is 17.3 Å². The number of hydrogen-bond acceptors (Lipinski definition) is 7. The Hall–Kier alpha value is -3.56. The van der Waals surface area contributed by atoms with Crippen molar-refractivity contribution >= 4 is 23.7 Å². The summed E-state index contributed by atoms with van der Waals surface area (Å²) in [4.78, 5) is 58.8. The zero-order valence-electron chi connectivity index (χ0n) is 23.1. The predicted molar refractivity (Wildman–Crippen MR) is 143 cm³/mol. The van der Waals surface area contributed by atoms with Gasteiger partial charge in [-0.05, 0) is 56.2 Å². The molecular formula is C30H37N3O7. The molecule has 0 aromatic heterocycles. The van der Waals surface area contributed by atoms with E-state index in [1.807, 2.05) is 29.2 Å². The number of carbonyl (C=O) groups excluding carboxylic acids is 4. The maximum absolute atomic E-state index is 14.1. The molecule has 0 bridgehead atoms. The highest BCUT2D eigenvalue weighted by Gasteiger charge is 2.54. The standard InChI is InChI=1S/C30H37N3O7/c1-38-29(37)30-10-4-2-3-5-25(30)33(18-20-6-9-23-24(15-20)40-19-39-23)28(36)22(17-30)16-26(34)31-11-13-32(14-12-31)27(35)21-7-8-21/h5-6,9,15,21-22H,2-4,7-8,10-14,16-19H2,1H3/t22-,30+/m1/s1. The summed E-state index contributed by atoms with van der Waals surface area (Å²) in [7, 11) is 1.39. The normalized spacial score (nSPS) is 26.1. The second-order valence-electron chi connectivity index (χ2n) is 11.6. The first kappa shape index (κ1) is 26.7. The minimum Gasteiger partial charge on any atom is -0.468 e. The lowest BCUT2D eigenvalue weighted by Crippen LogP contribution is -2.54. The summed E-state index contributed by atoms with van der Waals surface area (Å²) in [5, 5.41) is 0. The van der Waals surface area contributed by atoms with Crippen LogP contribution in [0.15, 0.2) is 30.0 Å². The average Bonchev–Trinajstić information content (AvgIpc) is 3.76. The molecule has 0 spiro atoms. The molecule has 2 atom stereocenters. The van der Waals surface area contributed by atoms with Crippen molar-refractivity contribution in [1.29, 1.82) is 0 Å². The van der Waals surface area contributed by atoms with Crippen LogP contribution in [-0.4, -0.2) is 78.5 Å². The van der Waals surface area contributed by atoms with Gasteiger partial charge in [0.15, 0.2) is 11.5 Å². The van der Waals surface area contributed by atoms with Gasteiger partial charge in [-0.2, -0.15) is 0 Å². The maximum Gasteiger partial charge on any atom is 0.317 e. The fourth-order valence-corrected chi connectivity index (χ4v) is 6.69. The molecule has 1 aromatic carbocycles. The molecule has 0 unspecified atom stereocenters. The molecule has 3 heterocycles. The van der Waals surface area contributed by atoms with Crippen molar-refractivity contribution in [3.63, 3.8) is 0 Å². The van der Waals surface area contributed by atoms with Crippen LogP contribution < -0.4 is 9.47 Å². The molecular weight excluding hydrogens is 514 g/mol. The molecule has 3 fully saturated rings. The fraction of sp³-hybridized carbons (Fsp3) is 0.600. The molecule has 0 radical (unpaired) electrons. The second kappa shape index (κ2) is 10.8. The third-order valence-corrected chi connectivity index (χ3v) is 9.03. The van der Waals surface area contributed by atoms with Gasteiger partial charge in [0.05, 0.1) is 13.7 Å². The lowest BCUT2D eigenvalue weighted by molar-refractivity contribution is -0.160. The third kappa shape index (κ3) is 4.92. The molecule has 214 valence electrons. The van der Waals surface area contributed by atoms with Gasteiger partial charge in [0, 0.05) is 50.1 Å². The van der Waals surface area contributed by atoms with E-state index in [0.29, 0.717) is 49.8 Å². The van der Waals surface area contributed by atoms with Crippen molar-refractivity contribution < 1.29 is 33.4 Å². The van der Waals surface area contributed by atoms with Gasteiger partial charge in [0.2, 0.25) is 24.5 Å². The molecule has 2 saturated heterocycles. The number of ether oxygens (including phenoxy) is 3. The highest BCUT2D eigenvalue weighted by molar-refractivity contribution is 5.92. The Morgan fingerprint density at radius 2 is 1.77 bits per heavy atom. The summed E-state index contributed by atoms with van der Waals surface area (Å²) in [6.07, 6.45) is 7.32. The lowest BCUT2D eigenvalue weighted by Gasteiger charge is -2.46. The number of piperazine rings is 1. The van der Waals surface area contributed by atoms with Crippen LogP contribution in [0.3, 0.4) is 0 Å². The largest absolute Gasteiger partial charge is 0.468 e. The molecule has 5 aliphatic rings. The van der Waals surface area contributed by atoms with Crippen LogP contribution in [0.25, 0.3) is 0 Å². The Balaban J connectivity index is 1.24. The summed E-state index contributed by atoms with van der Waals surface area (Å²) in [6, 6.07) is 5.59.